The van der Waals surface area contributed by atoms with E-state index >= 15 is 0 Å². The first kappa shape index (κ1) is 16.3. The van der Waals surface area contributed by atoms with Crippen LogP contribution in [0.4, 0.5) is 0 Å². The Morgan fingerprint density at radius 1 is 1.35 bits per heavy atom. The summed E-state index contributed by atoms with van der Waals surface area (Å²) in [5.74, 6) is 2.70. The molecular formula is C13H19BrN2O2S2. The van der Waals surface area contributed by atoms with Gasteiger partial charge < -0.3 is 5.73 Å². The second-order valence-corrected chi connectivity index (χ2v) is 8.69. The molecule has 1 aromatic carbocycles. The van der Waals surface area contributed by atoms with Gasteiger partial charge in [0.05, 0.1) is 4.90 Å². The molecule has 0 unspecified atom stereocenters. The number of hydrogen-bond donors (Lipinski definition) is 2. The van der Waals surface area contributed by atoms with Crippen molar-refractivity contribution in [2.45, 2.75) is 24.3 Å². The van der Waals surface area contributed by atoms with Crippen LogP contribution in [0.3, 0.4) is 0 Å². The lowest BCUT2D eigenvalue weighted by Crippen LogP contribution is -2.31. The second kappa shape index (κ2) is 7.26. The van der Waals surface area contributed by atoms with E-state index in [2.05, 4.69) is 20.7 Å². The molecule has 20 heavy (non-hydrogen) atoms. The van der Waals surface area contributed by atoms with Crippen LogP contribution in [0.5, 0.6) is 0 Å². The summed E-state index contributed by atoms with van der Waals surface area (Å²) >= 11 is 5.25. The van der Waals surface area contributed by atoms with Gasteiger partial charge in [0.2, 0.25) is 10.0 Å². The maximum Gasteiger partial charge on any atom is 0.241 e. The fourth-order valence-electron chi connectivity index (χ4n) is 2.15. The van der Waals surface area contributed by atoms with Crippen LogP contribution in [-0.2, 0) is 16.6 Å². The van der Waals surface area contributed by atoms with Crippen LogP contribution in [0.1, 0.15) is 18.4 Å². The van der Waals surface area contributed by atoms with Crippen LogP contribution in [0.2, 0.25) is 0 Å². The predicted octanol–water partition coefficient (Wildman–Crippen LogP) is 2.33. The average molecular weight is 379 g/mol. The molecule has 0 saturated carbocycles. The van der Waals surface area contributed by atoms with Crippen molar-refractivity contribution in [1.82, 2.24) is 4.72 Å². The van der Waals surface area contributed by atoms with E-state index in [1.54, 1.807) is 18.2 Å². The number of rotatable bonds is 5. The SMILES string of the molecule is NCc1ccc(S(=O)(=O)NCC2CCSCC2)c(Br)c1. The van der Waals surface area contributed by atoms with Gasteiger partial charge in [0.15, 0.2) is 0 Å². The van der Waals surface area contributed by atoms with Gasteiger partial charge in [-0.25, -0.2) is 13.1 Å². The molecular weight excluding hydrogens is 360 g/mol. The van der Waals surface area contributed by atoms with Gasteiger partial charge >= 0.3 is 0 Å². The van der Waals surface area contributed by atoms with Gasteiger partial charge in [-0.15, -0.1) is 0 Å². The number of nitrogens with two attached hydrogens (primary N) is 1. The van der Waals surface area contributed by atoms with E-state index in [-0.39, 0.29) is 4.90 Å². The lowest BCUT2D eigenvalue weighted by Gasteiger charge is -2.21. The first-order chi connectivity index (χ1) is 9.53. The van der Waals surface area contributed by atoms with E-state index in [0.29, 0.717) is 23.5 Å². The average Bonchev–Trinajstić information content (AvgIpc) is 2.46. The topological polar surface area (TPSA) is 72.2 Å². The summed E-state index contributed by atoms with van der Waals surface area (Å²) in [6, 6.07) is 5.10. The molecule has 1 saturated heterocycles. The van der Waals surface area contributed by atoms with Gasteiger partial charge in [-0.1, -0.05) is 6.07 Å². The van der Waals surface area contributed by atoms with Gasteiger partial charge in [0, 0.05) is 17.6 Å². The van der Waals surface area contributed by atoms with Crippen molar-refractivity contribution in [2.24, 2.45) is 11.7 Å². The number of sulfonamides is 1. The second-order valence-electron chi connectivity index (χ2n) is 4.88. The fourth-order valence-corrected chi connectivity index (χ4v) is 5.59. The molecule has 3 N–H and O–H groups in total. The van der Waals surface area contributed by atoms with E-state index in [0.717, 1.165) is 29.9 Å². The first-order valence-corrected chi connectivity index (χ1v) is 10.0. The molecule has 0 radical (unpaired) electrons. The van der Waals surface area contributed by atoms with E-state index in [1.165, 1.54) is 0 Å². The summed E-state index contributed by atoms with van der Waals surface area (Å²) < 4.78 is 27.9. The maximum absolute atomic E-state index is 12.3. The molecule has 0 spiro atoms. The van der Waals surface area contributed by atoms with E-state index < -0.39 is 10.0 Å². The Hall–Kier alpha value is -0.0800. The first-order valence-electron chi connectivity index (χ1n) is 6.59. The molecule has 1 aromatic rings. The minimum atomic E-state index is -3.46. The van der Waals surface area contributed by atoms with Crippen molar-refractivity contribution >= 4 is 37.7 Å². The molecule has 0 atom stereocenters. The Balaban J connectivity index is 2.05. The third kappa shape index (κ3) is 4.21. The van der Waals surface area contributed by atoms with Gasteiger partial charge in [0.25, 0.3) is 0 Å². The van der Waals surface area contributed by atoms with E-state index in [9.17, 15) is 8.42 Å². The summed E-state index contributed by atoms with van der Waals surface area (Å²) in [6.45, 7) is 0.917. The number of thioether (sulfide) groups is 1. The molecule has 1 aliphatic heterocycles. The fraction of sp³-hybridized carbons (Fsp3) is 0.538. The highest BCUT2D eigenvalue weighted by molar-refractivity contribution is 9.10. The third-order valence-electron chi connectivity index (χ3n) is 3.42. The molecule has 1 aliphatic rings. The highest BCUT2D eigenvalue weighted by atomic mass is 79.9. The Bertz CT molecular complexity index is 557. The third-order valence-corrected chi connectivity index (χ3v) is 6.87. The Morgan fingerprint density at radius 2 is 2.05 bits per heavy atom. The zero-order valence-corrected chi connectivity index (χ0v) is 14.4. The molecule has 112 valence electrons. The minimum absolute atomic E-state index is 0.278. The van der Waals surface area contributed by atoms with Crippen molar-refractivity contribution < 1.29 is 8.42 Å². The van der Waals surface area contributed by atoms with E-state index in [4.69, 9.17) is 5.73 Å². The Morgan fingerprint density at radius 3 is 2.65 bits per heavy atom. The molecule has 4 nitrogen and oxygen atoms in total. The number of nitrogens with one attached hydrogen (secondary N) is 1. The van der Waals surface area contributed by atoms with Crippen molar-refractivity contribution in [1.29, 1.82) is 0 Å². The van der Waals surface area contributed by atoms with Crippen molar-refractivity contribution in [3.05, 3.63) is 28.2 Å². The predicted molar refractivity (Wildman–Crippen MR) is 87.3 cm³/mol. The van der Waals surface area contributed by atoms with Crippen LogP contribution in [-0.4, -0.2) is 26.5 Å². The highest BCUT2D eigenvalue weighted by Gasteiger charge is 2.21. The van der Waals surface area contributed by atoms with E-state index in [1.807, 2.05) is 11.8 Å². The zero-order chi connectivity index (χ0) is 14.6. The molecule has 0 amide bonds. The normalized spacial score (nSPS) is 17.3. The quantitative estimate of drug-likeness (QED) is 0.824. The molecule has 1 fully saturated rings. The van der Waals surface area contributed by atoms with Gasteiger partial charge in [-0.2, -0.15) is 11.8 Å². The van der Waals surface area contributed by atoms with Crippen molar-refractivity contribution in [3.8, 4) is 0 Å². The molecule has 7 heteroatoms. The summed E-state index contributed by atoms with van der Waals surface area (Å²) in [5.41, 5.74) is 6.45. The number of hydrogen-bond acceptors (Lipinski definition) is 4. The van der Waals surface area contributed by atoms with Gasteiger partial charge in [-0.3, -0.25) is 0 Å². The van der Waals surface area contributed by atoms with Gasteiger partial charge in [-0.05, 0) is 63.9 Å². The maximum atomic E-state index is 12.3. The number of benzene rings is 1. The van der Waals surface area contributed by atoms with Crippen molar-refractivity contribution in [3.63, 3.8) is 0 Å². The van der Waals surface area contributed by atoms with Crippen LogP contribution in [0.25, 0.3) is 0 Å². The zero-order valence-electron chi connectivity index (χ0n) is 11.1. The van der Waals surface area contributed by atoms with Crippen LogP contribution in [0, 0.1) is 5.92 Å². The largest absolute Gasteiger partial charge is 0.326 e. The smallest absolute Gasteiger partial charge is 0.241 e. The minimum Gasteiger partial charge on any atom is -0.326 e. The molecule has 2 rings (SSSR count). The van der Waals surface area contributed by atoms with Crippen molar-refractivity contribution in [2.75, 3.05) is 18.1 Å². The molecule has 0 aromatic heterocycles. The van der Waals surface area contributed by atoms with Crippen LogP contribution >= 0.6 is 27.7 Å². The standard InChI is InChI=1S/C13H19BrN2O2S2/c14-12-7-11(8-15)1-2-13(12)20(17,18)16-9-10-3-5-19-6-4-10/h1-2,7,10,16H,3-6,8-9,15H2. The summed E-state index contributed by atoms with van der Waals surface area (Å²) in [7, 11) is -3.46. The lowest BCUT2D eigenvalue weighted by atomic mass is 10.0. The molecule has 1 heterocycles. The van der Waals surface area contributed by atoms with Crippen LogP contribution < -0.4 is 10.5 Å². The lowest BCUT2D eigenvalue weighted by molar-refractivity contribution is 0.476. The number of halogens is 1. The molecule has 0 aliphatic carbocycles. The summed E-state index contributed by atoms with van der Waals surface area (Å²) in [4.78, 5) is 0.278. The highest BCUT2D eigenvalue weighted by Crippen LogP contribution is 2.25. The summed E-state index contributed by atoms with van der Waals surface area (Å²) in [6.07, 6.45) is 2.17. The monoisotopic (exact) mass is 378 g/mol. The summed E-state index contributed by atoms with van der Waals surface area (Å²) in [5, 5.41) is 0. The Kier molecular flexibility index (Phi) is 5.92. The van der Waals surface area contributed by atoms with Gasteiger partial charge in [0.1, 0.15) is 0 Å². The Labute approximate surface area is 133 Å². The molecule has 0 bridgehead atoms. The van der Waals surface area contributed by atoms with Crippen LogP contribution in [0.15, 0.2) is 27.6 Å².